The predicted octanol–water partition coefficient (Wildman–Crippen LogP) is 4.76. The monoisotopic (exact) mass is 359 g/mol. The SMILES string of the molecule is CCC12CC3C(C(C)=O)CC1C(Cc1ccccc12)N3Cc1ccccc1. The molecule has 2 aliphatic carbocycles. The molecule has 2 saturated heterocycles. The fourth-order valence-corrected chi connectivity index (χ4v) is 6.72. The normalized spacial score (nSPS) is 34.3. The number of carbonyl (C=O) groups is 1. The van der Waals surface area contributed by atoms with E-state index in [0.29, 0.717) is 23.8 Å². The van der Waals surface area contributed by atoms with E-state index < -0.39 is 0 Å². The zero-order chi connectivity index (χ0) is 18.6. The second-order valence-electron chi connectivity index (χ2n) is 8.93. The Bertz CT molecular complexity index is 860. The molecule has 1 saturated carbocycles. The summed E-state index contributed by atoms with van der Waals surface area (Å²) in [6, 6.07) is 20.9. The van der Waals surface area contributed by atoms with E-state index in [4.69, 9.17) is 0 Å². The first-order chi connectivity index (χ1) is 13.1. The summed E-state index contributed by atoms with van der Waals surface area (Å²) in [4.78, 5) is 15.2. The van der Waals surface area contributed by atoms with Crippen LogP contribution in [0.1, 0.15) is 49.8 Å². The molecule has 4 aliphatic rings. The number of carbonyl (C=O) groups excluding carboxylic acids is 1. The maximum Gasteiger partial charge on any atom is 0.134 e. The zero-order valence-electron chi connectivity index (χ0n) is 16.4. The average molecular weight is 360 g/mol. The standard InChI is InChI=1S/C25H29NO/c1-3-25-15-24-20(17(2)27)14-22(25)23(13-19-11-7-8-12-21(19)25)26(24)16-18-9-5-4-6-10-18/h4-12,20,22-24H,3,13-16H2,1-2H3. The van der Waals surface area contributed by atoms with Gasteiger partial charge in [0.05, 0.1) is 0 Å². The minimum atomic E-state index is 0.208. The van der Waals surface area contributed by atoms with Crippen molar-refractivity contribution in [3.05, 3.63) is 71.3 Å². The summed E-state index contributed by atoms with van der Waals surface area (Å²) in [5.74, 6) is 1.19. The van der Waals surface area contributed by atoms with Crippen LogP contribution in [0.15, 0.2) is 54.6 Å². The minimum Gasteiger partial charge on any atom is -0.300 e. The lowest BCUT2D eigenvalue weighted by molar-refractivity contribution is -0.144. The maximum atomic E-state index is 12.5. The number of piperidine rings is 2. The van der Waals surface area contributed by atoms with Crippen LogP contribution in [0.25, 0.3) is 0 Å². The number of hydrogen-bond acceptors (Lipinski definition) is 2. The molecule has 0 amide bonds. The molecule has 5 unspecified atom stereocenters. The Hall–Kier alpha value is -1.93. The largest absolute Gasteiger partial charge is 0.300 e. The van der Waals surface area contributed by atoms with Crippen LogP contribution in [0.5, 0.6) is 0 Å². The fourth-order valence-electron chi connectivity index (χ4n) is 6.72. The van der Waals surface area contributed by atoms with Gasteiger partial charge in [-0.3, -0.25) is 9.69 Å². The van der Waals surface area contributed by atoms with Gasteiger partial charge in [-0.2, -0.15) is 0 Å². The van der Waals surface area contributed by atoms with Gasteiger partial charge in [-0.05, 0) is 55.2 Å². The van der Waals surface area contributed by atoms with Gasteiger partial charge in [0.25, 0.3) is 0 Å². The Kier molecular flexibility index (Phi) is 4.01. The van der Waals surface area contributed by atoms with Crippen LogP contribution in [0.2, 0.25) is 0 Å². The number of nitrogens with zero attached hydrogens (tertiary/aromatic N) is 1. The third-order valence-corrected chi connectivity index (χ3v) is 7.92. The van der Waals surface area contributed by atoms with Crippen molar-refractivity contribution in [2.24, 2.45) is 11.8 Å². The van der Waals surface area contributed by atoms with Gasteiger partial charge in [0, 0.05) is 30.0 Å². The Labute approximate surface area is 162 Å². The summed E-state index contributed by atoms with van der Waals surface area (Å²) >= 11 is 0. The second-order valence-corrected chi connectivity index (χ2v) is 8.93. The number of rotatable bonds is 4. The van der Waals surface area contributed by atoms with Crippen LogP contribution in [0, 0.1) is 11.8 Å². The van der Waals surface area contributed by atoms with E-state index in [1.54, 1.807) is 11.1 Å². The van der Waals surface area contributed by atoms with Gasteiger partial charge < -0.3 is 0 Å². The molecule has 27 heavy (non-hydrogen) atoms. The molecule has 2 nitrogen and oxygen atoms in total. The van der Waals surface area contributed by atoms with Gasteiger partial charge >= 0.3 is 0 Å². The van der Waals surface area contributed by atoms with E-state index in [9.17, 15) is 4.79 Å². The quantitative estimate of drug-likeness (QED) is 0.784. The van der Waals surface area contributed by atoms with E-state index in [1.165, 1.54) is 12.0 Å². The first-order valence-corrected chi connectivity index (χ1v) is 10.5. The minimum absolute atomic E-state index is 0.208. The molecule has 2 heterocycles. The van der Waals surface area contributed by atoms with Crippen LogP contribution in [-0.4, -0.2) is 22.8 Å². The molecule has 4 bridgehead atoms. The molecular formula is C25H29NO. The van der Waals surface area contributed by atoms with Crippen LogP contribution < -0.4 is 0 Å². The third kappa shape index (κ3) is 2.46. The predicted molar refractivity (Wildman–Crippen MR) is 109 cm³/mol. The van der Waals surface area contributed by atoms with E-state index >= 15 is 0 Å². The summed E-state index contributed by atoms with van der Waals surface area (Å²) in [6.45, 7) is 5.15. The molecule has 2 aromatic carbocycles. The lowest BCUT2D eigenvalue weighted by atomic mass is 9.48. The summed E-state index contributed by atoms with van der Waals surface area (Å²) in [5, 5.41) is 0. The molecular weight excluding hydrogens is 330 g/mol. The van der Waals surface area contributed by atoms with Crippen molar-refractivity contribution >= 4 is 5.78 Å². The van der Waals surface area contributed by atoms with Crippen molar-refractivity contribution in [3.63, 3.8) is 0 Å². The molecule has 140 valence electrons. The first kappa shape index (κ1) is 17.2. The van der Waals surface area contributed by atoms with Crippen molar-refractivity contribution in [1.82, 2.24) is 4.90 Å². The Balaban J connectivity index is 1.60. The maximum absolute atomic E-state index is 12.5. The highest BCUT2D eigenvalue weighted by Crippen LogP contribution is 2.60. The van der Waals surface area contributed by atoms with Crippen molar-refractivity contribution in [2.75, 3.05) is 0 Å². The number of benzene rings is 2. The highest BCUT2D eigenvalue weighted by atomic mass is 16.1. The van der Waals surface area contributed by atoms with Gasteiger partial charge in [0.1, 0.15) is 5.78 Å². The van der Waals surface area contributed by atoms with Gasteiger partial charge in [-0.25, -0.2) is 0 Å². The number of fused-ring (bicyclic) bond motifs is 2. The molecule has 2 aliphatic heterocycles. The molecule has 0 radical (unpaired) electrons. The van der Waals surface area contributed by atoms with Gasteiger partial charge in [-0.15, -0.1) is 0 Å². The Morgan fingerprint density at radius 1 is 1.07 bits per heavy atom. The zero-order valence-corrected chi connectivity index (χ0v) is 16.4. The Morgan fingerprint density at radius 2 is 1.81 bits per heavy atom. The van der Waals surface area contributed by atoms with Crippen LogP contribution in [-0.2, 0) is 23.2 Å². The third-order valence-electron chi connectivity index (χ3n) is 7.92. The number of Topliss-reactive ketones (excluding diaryl/α,β-unsaturated/α-hetero) is 1. The fraction of sp³-hybridized carbons (Fsp3) is 0.480. The summed E-state index contributed by atoms with van der Waals surface area (Å²) in [5.41, 5.74) is 4.76. The van der Waals surface area contributed by atoms with Crippen molar-refractivity contribution < 1.29 is 4.79 Å². The second kappa shape index (κ2) is 6.31. The molecule has 0 aromatic heterocycles. The van der Waals surface area contributed by atoms with E-state index in [2.05, 4.69) is 66.4 Å². The van der Waals surface area contributed by atoms with Crippen molar-refractivity contribution in [1.29, 1.82) is 0 Å². The Morgan fingerprint density at radius 3 is 2.56 bits per heavy atom. The van der Waals surface area contributed by atoms with Gasteiger partial charge in [-0.1, -0.05) is 61.5 Å². The number of hydrogen-bond donors (Lipinski definition) is 0. The highest BCUT2D eigenvalue weighted by molar-refractivity contribution is 5.79. The summed E-state index contributed by atoms with van der Waals surface area (Å²) < 4.78 is 0. The van der Waals surface area contributed by atoms with E-state index in [0.717, 1.165) is 25.8 Å². The first-order valence-electron chi connectivity index (χ1n) is 10.5. The van der Waals surface area contributed by atoms with Crippen LogP contribution in [0.3, 0.4) is 0 Å². The smallest absolute Gasteiger partial charge is 0.134 e. The van der Waals surface area contributed by atoms with Crippen molar-refractivity contribution in [2.45, 2.75) is 63.6 Å². The molecule has 6 rings (SSSR count). The average Bonchev–Trinajstić information content (AvgIpc) is 2.70. The van der Waals surface area contributed by atoms with Crippen LogP contribution in [0.4, 0.5) is 0 Å². The highest BCUT2D eigenvalue weighted by Gasteiger charge is 2.61. The molecule has 2 heteroatoms. The van der Waals surface area contributed by atoms with E-state index in [-0.39, 0.29) is 11.3 Å². The van der Waals surface area contributed by atoms with Gasteiger partial charge in [0.15, 0.2) is 0 Å². The topological polar surface area (TPSA) is 20.3 Å². The molecule has 5 atom stereocenters. The summed E-state index contributed by atoms with van der Waals surface area (Å²) in [6.07, 6.45) is 4.54. The van der Waals surface area contributed by atoms with Crippen molar-refractivity contribution in [3.8, 4) is 0 Å². The lowest BCUT2D eigenvalue weighted by Crippen LogP contribution is -2.69. The molecule has 2 aromatic rings. The lowest BCUT2D eigenvalue weighted by Gasteiger charge is -2.65. The molecule has 0 spiro atoms. The van der Waals surface area contributed by atoms with E-state index in [1.807, 2.05) is 6.92 Å². The molecule has 0 N–H and O–H groups in total. The van der Waals surface area contributed by atoms with Crippen LogP contribution >= 0.6 is 0 Å². The summed E-state index contributed by atoms with van der Waals surface area (Å²) in [7, 11) is 0. The molecule has 3 fully saturated rings. The van der Waals surface area contributed by atoms with Gasteiger partial charge in [0.2, 0.25) is 0 Å². The number of ketones is 1.